The molecule has 0 bridgehead atoms. The fourth-order valence-electron chi connectivity index (χ4n) is 0.870. The van der Waals surface area contributed by atoms with Crippen LogP contribution in [0.15, 0.2) is 24.3 Å². The van der Waals surface area contributed by atoms with Crippen molar-refractivity contribution in [3.63, 3.8) is 0 Å². The maximum atomic E-state index is 3.54. The molecule has 0 amide bonds. The second-order valence-corrected chi connectivity index (χ2v) is 4.71. The first-order valence-electron chi connectivity index (χ1n) is 3.40. The van der Waals surface area contributed by atoms with Gasteiger partial charge in [0.2, 0.25) is 0 Å². The third kappa shape index (κ3) is 3.02. The molecule has 0 N–H and O–H groups in total. The molecule has 1 aliphatic carbocycles. The summed E-state index contributed by atoms with van der Waals surface area (Å²) in [6, 6.07) is 0. The lowest BCUT2D eigenvalue weighted by molar-refractivity contribution is 1.00. The Morgan fingerprint density at radius 1 is 0.900 bits per heavy atom. The largest absolute Gasteiger partial charge is 0.0860 e. The number of hydrogen-bond acceptors (Lipinski definition) is 0. The molecule has 2 atom stereocenters. The van der Waals surface area contributed by atoms with Gasteiger partial charge in [-0.2, -0.15) is 0 Å². The van der Waals surface area contributed by atoms with Crippen molar-refractivity contribution in [2.24, 2.45) is 0 Å². The molecular weight excluding hydrogens is 256 g/mol. The number of allylic oxidation sites excluding steroid dienone is 4. The molecule has 0 heterocycles. The molecule has 0 aromatic carbocycles. The van der Waals surface area contributed by atoms with Gasteiger partial charge in [0.05, 0.1) is 0 Å². The van der Waals surface area contributed by atoms with Crippen LogP contribution in [0.1, 0.15) is 12.8 Å². The molecule has 0 fully saturated rings. The summed E-state index contributed by atoms with van der Waals surface area (Å²) in [5.74, 6) is 0. The lowest BCUT2D eigenvalue weighted by atomic mass is 10.1. The van der Waals surface area contributed by atoms with Crippen LogP contribution in [0.5, 0.6) is 0 Å². The average Bonchev–Trinajstić information content (AvgIpc) is 1.84. The highest BCUT2D eigenvalue weighted by atomic mass is 79.9. The minimum absolute atomic E-state index is 0.531. The number of halogens is 2. The quantitative estimate of drug-likeness (QED) is 0.465. The van der Waals surface area contributed by atoms with E-state index < -0.39 is 0 Å². The SMILES string of the molecule is Br[C@H]1/C=C/C[C@@H](Br)/C=C/C1. The van der Waals surface area contributed by atoms with E-state index in [9.17, 15) is 0 Å². The Hall–Kier alpha value is 0.440. The van der Waals surface area contributed by atoms with Crippen molar-refractivity contribution < 1.29 is 0 Å². The van der Waals surface area contributed by atoms with Gasteiger partial charge < -0.3 is 0 Å². The van der Waals surface area contributed by atoms with Crippen LogP contribution in [0.3, 0.4) is 0 Å². The summed E-state index contributed by atoms with van der Waals surface area (Å²) in [5.41, 5.74) is 0. The van der Waals surface area contributed by atoms with Crippen LogP contribution in [0, 0.1) is 0 Å². The zero-order valence-corrected chi connectivity index (χ0v) is 8.81. The van der Waals surface area contributed by atoms with Crippen molar-refractivity contribution in [2.45, 2.75) is 22.5 Å². The predicted octanol–water partition coefficient (Wildman–Crippen LogP) is 3.42. The van der Waals surface area contributed by atoms with Crippen LogP contribution in [0.25, 0.3) is 0 Å². The van der Waals surface area contributed by atoms with Crippen LogP contribution in [0.2, 0.25) is 0 Å². The summed E-state index contributed by atoms with van der Waals surface area (Å²) in [4.78, 5) is 1.06. The molecular formula is C8H10Br2. The molecule has 0 saturated carbocycles. The van der Waals surface area contributed by atoms with Gasteiger partial charge in [-0.15, -0.1) is 0 Å². The van der Waals surface area contributed by atoms with E-state index in [1.165, 1.54) is 0 Å². The van der Waals surface area contributed by atoms with E-state index in [1.54, 1.807) is 0 Å². The number of rotatable bonds is 0. The van der Waals surface area contributed by atoms with Gasteiger partial charge in [-0.3, -0.25) is 0 Å². The zero-order valence-electron chi connectivity index (χ0n) is 5.63. The van der Waals surface area contributed by atoms with Crippen molar-refractivity contribution in [1.82, 2.24) is 0 Å². The molecule has 0 radical (unpaired) electrons. The lowest BCUT2D eigenvalue weighted by Crippen LogP contribution is -1.97. The highest BCUT2D eigenvalue weighted by Crippen LogP contribution is 2.16. The third-order valence-electron chi connectivity index (χ3n) is 1.41. The van der Waals surface area contributed by atoms with Crippen LogP contribution in [0.4, 0.5) is 0 Å². The topological polar surface area (TPSA) is 0 Å². The predicted molar refractivity (Wildman–Crippen MR) is 52.9 cm³/mol. The van der Waals surface area contributed by atoms with Gasteiger partial charge in [0.1, 0.15) is 0 Å². The first-order chi connectivity index (χ1) is 4.79. The van der Waals surface area contributed by atoms with Crippen molar-refractivity contribution >= 4 is 31.9 Å². The molecule has 1 rings (SSSR count). The summed E-state index contributed by atoms with van der Waals surface area (Å²) in [6.07, 6.45) is 11.0. The Labute approximate surface area is 78.6 Å². The first-order valence-corrected chi connectivity index (χ1v) is 5.23. The molecule has 0 aliphatic heterocycles. The average molecular weight is 266 g/mol. The number of alkyl halides is 2. The molecule has 56 valence electrons. The molecule has 1 aliphatic rings. The second-order valence-electron chi connectivity index (χ2n) is 2.36. The van der Waals surface area contributed by atoms with Gasteiger partial charge in [0, 0.05) is 9.65 Å². The van der Waals surface area contributed by atoms with Crippen molar-refractivity contribution in [3.05, 3.63) is 24.3 Å². The zero-order chi connectivity index (χ0) is 7.40. The van der Waals surface area contributed by atoms with E-state index >= 15 is 0 Å². The minimum atomic E-state index is 0.531. The van der Waals surface area contributed by atoms with Gasteiger partial charge in [-0.1, -0.05) is 56.2 Å². The summed E-state index contributed by atoms with van der Waals surface area (Å²) in [6.45, 7) is 0. The third-order valence-corrected chi connectivity index (χ3v) is 2.77. The standard InChI is InChI=1S/C8H10Br2/c9-7-3-1-4-8(10)6-2-5-7/h1-3,6-8H,4-5H2/b3-1+,6-2+/t7-,8+/m0/s1. The molecule has 2 heteroatoms. The monoisotopic (exact) mass is 264 g/mol. The Kier molecular flexibility index (Phi) is 3.71. The van der Waals surface area contributed by atoms with E-state index in [4.69, 9.17) is 0 Å². The molecule has 0 aromatic rings. The summed E-state index contributed by atoms with van der Waals surface area (Å²) >= 11 is 7.08. The normalized spacial score (nSPS) is 39.8. The summed E-state index contributed by atoms with van der Waals surface area (Å²) < 4.78 is 0. The molecule has 0 nitrogen and oxygen atoms in total. The van der Waals surface area contributed by atoms with Crippen LogP contribution in [-0.4, -0.2) is 9.65 Å². The lowest BCUT2D eigenvalue weighted by Gasteiger charge is -2.05. The molecule has 0 spiro atoms. The molecule has 0 aromatic heterocycles. The molecule has 0 saturated heterocycles. The van der Waals surface area contributed by atoms with E-state index in [1.807, 2.05) is 0 Å². The van der Waals surface area contributed by atoms with Gasteiger partial charge in [0.15, 0.2) is 0 Å². The fraction of sp³-hybridized carbons (Fsp3) is 0.500. The van der Waals surface area contributed by atoms with Gasteiger partial charge in [-0.25, -0.2) is 0 Å². The van der Waals surface area contributed by atoms with Crippen LogP contribution < -0.4 is 0 Å². The van der Waals surface area contributed by atoms with Gasteiger partial charge in [0.25, 0.3) is 0 Å². The van der Waals surface area contributed by atoms with Crippen LogP contribution in [-0.2, 0) is 0 Å². The molecule has 0 unspecified atom stereocenters. The number of hydrogen-bond donors (Lipinski definition) is 0. The fourth-order valence-corrected chi connectivity index (χ4v) is 1.73. The first kappa shape index (κ1) is 8.54. The van der Waals surface area contributed by atoms with E-state index in [-0.39, 0.29) is 0 Å². The second kappa shape index (κ2) is 4.35. The van der Waals surface area contributed by atoms with E-state index in [0.29, 0.717) is 9.65 Å². The summed E-state index contributed by atoms with van der Waals surface area (Å²) in [5, 5.41) is 0. The minimum Gasteiger partial charge on any atom is -0.0860 e. The smallest absolute Gasteiger partial charge is 0.0359 e. The van der Waals surface area contributed by atoms with Crippen molar-refractivity contribution in [1.29, 1.82) is 0 Å². The molecule has 10 heavy (non-hydrogen) atoms. The van der Waals surface area contributed by atoms with Crippen LogP contribution >= 0.6 is 31.9 Å². The summed E-state index contributed by atoms with van der Waals surface area (Å²) in [7, 11) is 0. The van der Waals surface area contributed by atoms with Gasteiger partial charge in [-0.05, 0) is 12.8 Å². The Balaban J connectivity index is 2.48. The maximum absolute atomic E-state index is 3.54. The van der Waals surface area contributed by atoms with E-state index in [0.717, 1.165) is 12.8 Å². The maximum Gasteiger partial charge on any atom is 0.0359 e. The van der Waals surface area contributed by atoms with E-state index in [2.05, 4.69) is 56.2 Å². The Morgan fingerprint density at radius 2 is 1.30 bits per heavy atom. The van der Waals surface area contributed by atoms with Gasteiger partial charge >= 0.3 is 0 Å². The Morgan fingerprint density at radius 3 is 1.70 bits per heavy atom. The highest BCUT2D eigenvalue weighted by molar-refractivity contribution is 9.09. The van der Waals surface area contributed by atoms with Crippen molar-refractivity contribution in [3.8, 4) is 0 Å². The van der Waals surface area contributed by atoms with Crippen molar-refractivity contribution in [2.75, 3.05) is 0 Å². The highest BCUT2D eigenvalue weighted by Gasteiger charge is 2.01. The Bertz CT molecular complexity index is 131.